The summed E-state index contributed by atoms with van der Waals surface area (Å²) >= 11 is 0. The third-order valence-electron chi connectivity index (χ3n) is 8.25. The van der Waals surface area contributed by atoms with E-state index in [1.807, 2.05) is 20.8 Å². The number of hydrogen-bond donors (Lipinski definition) is 2. The summed E-state index contributed by atoms with van der Waals surface area (Å²) in [4.78, 5) is 29.5. The first-order valence-electron chi connectivity index (χ1n) is 12.9. The third-order valence-corrected chi connectivity index (χ3v) is 8.25. The number of fused-ring (bicyclic) bond motifs is 3. The van der Waals surface area contributed by atoms with Gasteiger partial charge in [-0.05, 0) is 57.4 Å². The van der Waals surface area contributed by atoms with Gasteiger partial charge in [-0.2, -0.15) is 0 Å². The van der Waals surface area contributed by atoms with Gasteiger partial charge in [0.25, 0.3) is 0 Å². The zero-order valence-corrected chi connectivity index (χ0v) is 21.8. The molecule has 7 rings (SSSR count). The molecule has 0 radical (unpaired) electrons. The molecule has 1 amide bonds. The highest BCUT2D eigenvalue weighted by Crippen LogP contribution is 2.51. The van der Waals surface area contributed by atoms with Gasteiger partial charge in [-0.25, -0.2) is 23.7 Å². The van der Waals surface area contributed by atoms with Crippen LogP contribution in [0, 0.1) is 24.5 Å². The van der Waals surface area contributed by atoms with Gasteiger partial charge < -0.3 is 20.7 Å². The van der Waals surface area contributed by atoms with E-state index < -0.39 is 17.0 Å². The molecule has 0 spiro atoms. The standard InChI is InChI=1S/C28H27F2N7O2/c1-14-21(37-9-5-8-19(24(37)32-14)39-12-16-17(29)6-4-7-18(16)30)23-33-22-20(27(2,3)26(38)35-22)25(34-23)36-11-15-10-28(15,31)13-36/h4-9,15H,10-13,31H2,1-3H3,(H,33,34,35,38)/t15-,28-/m1/s1. The Morgan fingerprint density at radius 3 is 2.64 bits per heavy atom. The number of aryl methyl sites for hydroxylation is 1. The summed E-state index contributed by atoms with van der Waals surface area (Å²) in [6.45, 7) is 6.73. The van der Waals surface area contributed by atoms with Crippen LogP contribution in [-0.4, -0.2) is 43.9 Å². The van der Waals surface area contributed by atoms with E-state index in [2.05, 4.69) is 10.2 Å². The van der Waals surface area contributed by atoms with Gasteiger partial charge in [0, 0.05) is 24.8 Å². The number of nitrogens with two attached hydrogens (primary N) is 1. The Hall–Kier alpha value is -4.12. The minimum atomic E-state index is -0.796. The van der Waals surface area contributed by atoms with E-state index in [1.165, 1.54) is 18.2 Å². The number of piperidine rings is 1. The Bertz CT molecular complexity index is 1680. The molecule has 2 fully saturated rings. The fourth-order valence-electron chi connectivity index (χ4n) is 5.87. The Morgan fingerprint density at radius 2 is 1.92 bits per heavy atom. The molecule has 1 aliphatic carbocycles. The minimum absolute atomic E-state index is 0.136. The van der Waals surface area contributed by atoms with Crippen LogP contribution in [0.5, 0.6) is 5.75 Å². The number of carbonyl (C=O) groups is 1. The van der Waals surface area contributed by atoms with Crippen molar-refractivity contribution >= 4 is 23.2 Å². The lowest BCUT2D eigenvalue weighted by Crippen LogP contribution is -2.35. The minimum Gasteiger partial charge on any atom is -0.485 e. The van der Waals surface area contributed by atoms with Crippen molar-refractivity contribution in [2.75, 3.05) is 23.3 Å². The Morgan fingerprint density at radius 1 is 1.15 bits per heavy atom. The maximum atomic E-state index is 14.2. The molecule has 0 bridgehead atoms. The zero-order valence-electron chi connectivity index (χ0n) is 21.8. The number of rotatable bonds is 5. The number of carbonyl (C=O) groups excluding carboxylic acids is 1. The highest BCUT2D eigenvalue weighted by Gasteiger charge is 2.58. The summed E-state index contributed by atoms with van der Waals surface area (Å²) in [6, 6.07) is 7.15. The summed E-state index contributed by atoms with van der Waals surface area (Å²) in [6.07, 6.45) is 2.80. The molecule has 1 saturated heterocycles. The van der Waals surface area contributed by atoms with Crippen LogP contribution < -0.4 is 20.7 Å². The predicted molar refractivity (Wildman–Crippen MR) is 141 cm³/mol. The molecule has 2 aliphatic heterocycles. The molecule has 11 heteroatoms. The lowest BCUT2D eigenvalue weighted by molar-refractivity contribution is -0.119. The fourth-order valence-corrected chi connectivity index (χ4v) is 5.87. The Labute approximate surface area is 223 Å². The van der Waals surface area contributed by atoms with E-state index in [9.17, 15) is 13.6 Å². The average Bonchev–Trinajstić information content (AvgIpc) is 3.11. The van der Waals surface area contributed by atoms with Crippen molar-refractivity contribution in [3.05, 3.63) is 65.0 Å². The summed E-state index contributed by atoms with van der Waals surface area (Å²) in [5.41, 5.74) is 7.84. The molecule has 9 nitrogen and oxygen atoms in total. The van der Waals surface area contributed by atoms with E-state index in [0.717, 1.165) is 18.5 Å². The molecule has 4 aromatic rings. The van der Waals surface area contributed by atoms with Crippen LogP contribution in [-0.2, 0) is 16.8 Å². The number of amides is 1. The van der Waals surface area contributed by atoms with E-state index in [1.54, 1.807) is 22.7 Å². The number of pyridine rings is 1. The number of aromatic nitrogens is 4. The summed E-state index contributed by atoms with van der Waals surface area (Å²) in [7, 11) is 0. The molecule has 3 aliphatic rings. The smallest absolute Gasteiger partial charge is 0.235 e. The van der Waals surface area contributed by atoms with Gasteiger partial charge in [-0.1, -0.05) is 6.07 Å². The molecule has 0 unspecified atom stereocenters. The second-order valence-corrected chi connectivity index (χ2v) is 11.3. The molecule has 1 saturated carbocycles. The molecule has 3 aromatic heterocycles. The van der Waals surface area contributed by atoms with E-state index in [-0.39, 0.29) is 23.6 Å². The van der Waals surface area contributed by atoms with Crippen molar-refractivity contribution in [3.63, 3.8) is 0 Å². The molecule has 3 N–H and O–H groups in total. The normalized spacial score (nSPS) is 22.7. The lowest BCUT2D eigenvalue weighted by atomic mass is 9.87. The van der Waals surface area contributed by atoms with Crippen LogP contribution in [0.2, 0.25) is 0 Å². The number of nitrogens with zero attached hydrogens (tertiary/aromatic N) is 5. The monoisotopic (exact) mass is 531 g/mol. The van der Waals surface area contributed by atoms with Gasteiger partial charge in [0.1, 0.15) is 35.6 Å². The van der Waals surface area contributed by atoms with E-state index in [0.29, 0.717) is 52.7 Å². The van der Waals surface area contributed by atoms with Crippen LogP contribution in [0.4, 0.5) is 20.4 Å². The summed E-state index contributed by atoms with van der Waals surface area (Å²) < 4.78 is 36.0. The topological polar surface area (TPSA) is 111 Å². The van der Waals surface area contributed by atoms with Crippen molar-refractivity contribution in [3.8, 4) is 17.3 Å². The van der Waals surface area contributed by atoms with Gasteiger partial charge in [0.05, 0.1) is 22.2 Å². The molecule has 39 heavy (non-hydrogen) atoms. The highest BCUT2D eigenvalue weighted by atomic mass is 19.1. The highest BCUT2D eigenvalue weighted by molar-refractivity contribution is 6.06. The van der Waals surface area contributed by atoms with Gasteiger partial charge in [0.2, 0.25) is 5.91 Å². The Balaban J connectivity index is 1.32. The van der Waals surface area contributed by atoms with Crippen LogP contribution in [0.1, 0.15) is 37.1 Å². The second-order valence-electron chi connectivity index (χ2n) is 11.3. The molecule has 200 valence electrons. The van der Waals surface area contributed by atoms with Gasteiger partial charge in [-0.15, -0.1) is 0 Å². The SMILES string of the molecule is Cc1nc2c(OCc3c(F)cccc3F)cccn2c1-c1nc2c(c(N3C[C@H]4C[C@@]4(N)C3)n1)C(C)(C)C(=O)N2. The van der Waals surface area contributed by atoms with Gasteiger partial charge in [0.15, 0.2) is 17.2 Å². The number of hydrogen-bond acceptors (Lipinski definition) is 7. The number of ether oxygens (including phenoxy) is 1. The quantitative estimate of drug-likeness (QED) is 0.404. The maximum Gasteiger partial charge on any atom is 0.235 e. The van der Waals surface area contributed by atoms with Crippen molar-refractivity contribution in [1.29, 1.82) is 0 Å². The van der Waals surface area contributed by atoms with Crippen LogP contribution >= 0.6 is 0 Å². The van der Waals surface area contributed by atoms with Crippen LogP contribution in [0.15, 0.2) is 36.5 Å². The Kier molecular flexibility index (Phi) is 4.88. The van der Waals surface area contributed by atoms with Crippen LogP contribution in [0.25, 0.3) is 17.2 Å². The summed E-state index contributed by atoms with van der Waals surface area (Å²) in [5.74, 6) is 0.862. The number of imidazole rings is 1. The number of benzene rings is 1. The number of anilines is 2. The van der Waals surface area contributed by atoms with Gasteiger partial charge >= 0.3 is 0 Å². The lowest BCUT2D eigenvalue weighted by Gasteiger charge is -2.27. The molecule has 5 heterocycles. The first kappa shape index (κ1) is 24.0. The van der Waals surface area contributed by atoms with Crippen molar-refractivity contribution in [2.45, 2.75) is 44.8 Å². The summed E-state index contributed by atoms with van der Waals surface area (Å²) in [5, 5.41) is 2.94. The largest absolute Gasteiger partial charge is 0.485 e. The third kappa shape index (κ3) is 3.52. The molecular formula is C28H27F2N7O2. The average molecular weight is 532 g/mol. The van der Waals surface area contributed by atoms with Crippen molar-refractivity contribution in [1.82, 2.24) is 19.4 Å². The zero-order chi connectivity index (χ0) is 27.3. The van der Waals surface area contributed by atoms with Crippen molar-refractivity contribution in [2.24, 2.45) is 11.7 Å². The van der Waals surface area contributed by atoms with Crippen LogP contribution in [0.3, 0.4) is 0 Å². The first-order valence-corrected chi connectivity index (χ1v) is 12.9. The van der Waals surface area contributed by atoms with E-state index >= 15 is 0 Å². The maximum absolute atomic E-state index is 14.2. The first-order chi connectivity index (χ1) is 18.6. The number of halogens is 2. The predicted octanol–water partition coefficient (Wildman–Crippen LogP) is 3.72. The number of nitrogens with one attached hydrogen (secondary N) is 1. The van der Waals surface area contributed by atoms with Gasteiger partial charge in [-0.3, -0.25) is 9.20 Å². The molecule has 2 atom stereocenters. The second kappa shape index (κ2) is 7.95. The molecule has 1 aromatic carbocycles. The molecular weight excluding hydrogens is 504 g/mol. The fraction of sp³-hybridized carbons (Fsp3) is 0.357. The van der Waals surface area contributed by atoms with Crippen molar-refractivity contribution < 1.29 is 18.3 Å². The van der Waals surface area contributed by atoms with E-state index in [4.69, 9.17) is 25.4 Å².